The Labute approximate surface area is 160 Å². The summed E-state index contributed by atoms with van der Waals surface area (Å²) in [7, 11) is 0. The molecule has 0 aliphatic carbocycles. The number of carbonyl (C=O) groups excluding carboxylic acids is 1. The molecule has 142 valence electrons. The number of nitro groups is 1. The Morgan fingerprint density at radius 1 is 1.22 bits per heavy atom. The molecule has 2 aromatic rings. The van der Waals surface area contributed by atoms with Crippen LogP contribution in [-0.4, -0.2) is 28.2 Å². The lowest BCUT2D eigenvalue weighted by Crippen LogP contribution is -2.30. The number of aliphatic carboxylic acids is 1. The fourth-order valence-corrected chi connectivity index (χ4v) is 3.02. The maximum absolute atomic E-state index is 12.3. The summed E-state index contributed by atoms with van der Waals surface area (Å²) in [5.74, 6) is -1.31. The zero-order chi connectivity index (χ0) is 19.8. The van der Waals surface area contributed by atoms with Crippen molar-refractivity contribution in [2.75, 3.05) is 6.26 Å². The standard InChI is InChI=1S/C19H20N2O5S/c1-27-16-8-6-14(7-9-16)17(12-19(23)24)20-18(22)10-5-13-3-2-4-15(11-13)21(25)26/h2-4,6-9,11,17H,5,10,12H2,1H3,(H,20,22)(H,23,24). The van der Waals surface area contributed by atoms with E-state index in [1.165, 1.54) is 12.1 Å². The first-order chi connectivity index (χ1) is 12.9. The first-order valence-corrected chi connectivity index (χ1v) is 9.50. The van der Waals surface area contributed by atoms with Gasteiger partial charge in [0.25, 0.3) is 5.69 Å². The van der Waals surface area contributed by atoms with Crippen molar-refractivity contribution >= 4 is 29.3 Å². The molecule has 2 rings (SSSR count). The molecule has 0 saturated carbocycles. The molecule has 8 heteroatoms. The highest BCUT2D eigenvalue weighted by Gasteiger charge is 2.18. The Kier molecular flexibility index (Phi) is 7.36. The molecule has 0 aliphatic heterocycles. The van der Waals surface area contributed by atoms with Crippen LogP contribution in [0.15, 0.2) is 53.4 Å². The molecular formula is C19H20N2O5S. The van der Waals surface area contributed by atoms with Crippen molar-refractivity contribution in [2.24, 2.45) is 0 Å². The minimum Gasteiger partial charge on any atom is -0.481 e. The quantitative estimate of drug-likeness (QED) is 0.386. The van der Waals surface area contributed by atoms with Crippen LogP contribution in [0, 0.1) is 10.1 Å². The fourth-order valence-electron chi connectivity index (χ4n) is 2.61. The minimum atomic E-state index is -1.01. The number of non-ortho nitro benzene ring substituents is 1. The number of carboxylic acid groups (broad SMARTS) is 1. The monoisotopic (exact) mass is 388 g/mol. The number of rotatable bonds is 9. The number of amides is 1. The van der Waals surface area contributed by atoms with Gasteiger partial charge in [-0.3, -0.25) is 19.7 Å². The Hall–Kier alpha value is -2.87. The van der Waals surface area contributed by atoms with Crippen molar-refractivity contribution in [1.29, 1.82) is 0 Å². The van der Waals surface area contributed by atoms with Crippen molar-refractivity contribution < 1.29 is 19.6 Å². The van der Waals surface area contributed by atoms with Gasteiger partial charge in [-0.2, -0.15) is 0 Å². The predicted molar refractivity (Wildman–Crippen MR) is 103 cm³/mol. The normalized spacial score (nSPS) is 11.6. The molecule has 7 nitrogen and oxygen atoms in total. The summed E-state index contributed by atoms with van der Waals surface area (Å²) in [6, 6.07) is 12.9. The molecule has 0 radical (unpaired) electrons. The van der Waals surface area contributed by atoms with E-state index >= 15 is 0 Å². The van der Waals surface area contributed by atoms with E-state index in [-0.39, 0.29) is 24.4 Å². The van der Waals surface area contributed by atoms with E-state index in [9.17, 15) is 19.7 Å². The third-order valence-electron chi connectivity index (χ3n) is 3.99. The molecule has 0 aliphatic rings. The highest BCUT2D eigenvalue weighted by atomic mass is 32.2. The van der Waals surface area contributed by atoms with Crippen LogP contribution in [0.5, 0.6) is 0 Å². The Morgan fingerprint density at radius 2 is 1.93 bits per heavy atom. The van der Waals surface area contributed by atoms with Crippen molar-refractivity contribution in [3.63, 3.8) is 0 Å². The van der Waals surface area contributed by atoms with Crippen LogP contribution >= 0.6 is 11.8 Å². The lowest BCUT2D eigenvalue weighted by Gasteiger charge is -2.18. The van der Waals surface area contributed by atoms with Crippen LogP contribution in [0.1, 0.15) is 30.0 Å². The van der Waals surface area contributed by atoms with Gasteiger partial charge in [-0.15, -0.1) is 11.8 Å². The number of carbonyl (C=O) groups is 2. The highest BCUT2D eigenvalue weighted by Crippen LogP contribution is 2.22. The van der Waals surface area contributed by atoms with Gasteiger partial charge in [0.1, 0.15) is 0 Å². The first kappa shape index (κ1) is 20.4. The number of nitrogens with one attached hydrogen (secondary N) is 1. The molecule has 0 bridgehead atoms. The van der Waals surface area contributed by atoms with E-state index in [0.29, 0.717) is 12.0 Å². The number of aryl methyl sites for hydroxylation is 1. The zero-order valence-electron chi connectivity index (χ0n) is 14.8. The zero-order valence-corrected chi connectivity index (χ0v) is 15.6. The average molecular weight is 388 g/mol. The van der Waals surface area contributed by atoms with Gasteiger partial charge in [-0.25, -0.2) is 0 Å². The molecule has 0 aromatic heterocycles. The lowest BCUT2D eigenvalue weighted by atomic mass is 10.0. The molecule has 0 saturated heterocycles. The van der Waals surface area contributed by atoms with Crippen LogP contribution in [0.25, 0.3) is 0 Å². The second-order valence-corrected chi connectivity index (χ2v) is 6.80. The molecule has 1 unspecified atom stereocenters. The summed E-state index contributed by atoms with van der Waals surface area (Å²) in [5, 5.41) is 22.7. The lowest BCUT2D eigenvalue weighted by molar-refractivity contribution is -0.384. The summed E-state index contributed by atoms with van der Waals surface area (Å²) < 4.78 is 0. The molecule has 2 N–H and O–H groups in total. The maximum atomic E-state index is 12.3. The van der Waals surface area contributed by atoms with Crippen molar-refractivity contribution in [1.82, 2.24) is 5.32 Å². The number of nitrogens with zero attached hydrogens (tertiary/aromatic N) is 1. The van der Waals surface area contributed by atoms with E-state index in [0.717, 1.165) is 10.5 Å². The Balaban J connectivity index is 2.01. The third-order valence-corrected chi connectivity index (χ3v) is 4.74. The van der Waals surface area contributed by atoms with Gasteiger partial charge in [-0.05, 0) is 35.9 Å². The van der Waals surface area contributed by atoms with Gasteiger partial charge < -0.3 is 10.4 Å². The Bertz CT molecular complexity index is 823. The third kappa shape index (κ3) is 6.41. The Morgan fingerprint density at radius 3 is 2.52 bits per heavy atom. The summed E-state index contributed by atoms with van der Waals surface area (Å²) in [5.41, 5.74) is 1.38. The van der Waals surface area contributed by atoms with Gasteiger partial charge in [0.2, 0.25) is 5.91 Å². The molecule has 0 spiro atoms. The highest BCUT2D eigenvalue weighted by molar-refractivity contribution is 7.98. The van der Waals surface area contributed by atoms with E-state index in [1.54, 1.807) is 36.0 Å². The summed E-state index contributed by atoms with van der Waals surface area (Å²) >= 11 is 1.57. The SMILES string of the molecule is CSc1ccc(C(CC(=O)O)NC(=O)CCc2cccc([N+](=O)[O-])c2)cc1. The average Bonchev–Trinajstić information content (AvgIpc) is 2.66. The van der Waals surface area contributed by atoms with Gasteiger partial charge in [0, 0.05) is 23.4 Å². The van der Waals surface area contributed by atoms with Crippen LogP contribution in [0.3, 0.4) is 0 Å². The molecule has 0 fully saturated rings. The number of hydrogen-bond acceptors (Lipinski definition) is 5. The molecule has 27 heavy (non-hydrogen) atoms. The topological polar surface area (TPSA) is 110 Å². The molecule has 2 aromatic carbocycles. The summed E-state index contributed by atoms with van der Waals surface area (Å²) in [6.07, 6.45) is 2.17. The van der Waals surface area contributed by atoms with E-state index in [4.69, 9.17) is 5.11 Å². The fraction of sp³-hybridized carbons (Fsp3) is 0.263. The number of carboxylic acids is 1. The maximum Gasteiger partial charge on any atom is 0.305 e. The van der Waals surface area contributed by atoms with Gasteiger partial charge in [0.15, 0.2) is 0 Å². The summed E-state index contributed by atoms with van der Waals surface area (Å²) in [6.45, 7) is 0. The van der Waals surface area contributed by atoms with E-state index < -0.39 is 16.9 Å². The van der Waals surface area contributed by atoms with E-state index in [1.807, 2.05) is 18.4 Å². The second-order valence-electron chi connectivity index (χ2n) is 5.92. The second kappa shape index (κ2) is 9.72. The molecule has 0 heterocycles. The number of nitro benzene ring substituents is 1. The van der Waals surface area contributed by atoms with Crippen LogP contribution in [0.2, 0.25) is 0 Å². The summed E-state index contributed by atoms with van der Waals surface area (Å²) in [4.78, 5) is 34.8. The molecule has 1 amide bonds. The van der Waals surface area contributed by atoms with Crippen molar-refractivity contribution in [3.05, 3.63) is 69.8 Å². The number of thioether (sulfide) groups is 1. The van der Waals surface area contributed by atoms with Crippen molar-refractivity contribution in [2.45, 2.75) is 30.2 Å². The van der Waals surface area contributed by atoms with Crippen LogP contribution < -0.4 is 5.32 Å². The van der Waals surface area contributed by atoms with Gasteiger partial charge >= 0.3 is 5.97 Å². The van der Waals surface area contributed by atoms with Crippen LogP contribution in [-0.2, 0) is 16.0 Å². The minimum absolute atomic E-state index is 0.0226. The predicted octanol–water partition coefficient (Wildman–Crippen LogP) is 3.58. The first-order valence-electron chi connectivity index (χ1n) is 8.27. The number of hydrogen-bond donors (Lipinski definition) is 2. The largest absolute Gasteiger partial charge is 0.481 e. The van der Waals surface area contributed by atoms with Gasteiger partial charge in [-0.1, -0.05) is 24.3 Å². The smallest absolute Gasteiger partial charge is 0.305 e. The molecular weight excluding hydrogens is 368 g/mol. The van der Waals surface area contributed by atoms with Crippen molar-refractivity contribution in [3.8, 4) is 0 Å². The van der Waals surface area contributed by atoms with Gasteiger partial charge in [0.05, 0.1) is 17.4 Å². The van der Waals surface area contributed by atoms with E-state index in [2.05, 4.69) is 5.32 Å². The molecule has 1 atom stereocenters. The van der Waals surface area contributed by atoms with Crippen LogP contribution in [0.4, 0.5) is 5.69 Å². The number of benzene rings is 2.